The highest BCUT2D eigenvalue weighted by molar-refractivity contribution is 5.15. The third-order valence-corrected chi connectivity index (χ3v) is 3.69. The summed E-state index contributed by atoms with van der Waals surface area (Å²) in [5, 5.41) is 3.59. The van der Waals surface area contributed by atoms with Gasteiger partial charge in [-0.3, -0.25) is 4.90 Å². The van der Waals surface area contributed by atoms with Gasteiger partial charge in [-0.2, -0.15) is 0 Å². The Morgan fingerprint density at radius 2 is 2.07 bits per heavy atom. The summed E-state index contributed by atoms with van der Waals surface area (Å²) >= 11 is 0. The second-order valence-corrected chi connectivity index (χ2v) is 4.79. The standard InChI is InChI=1S/C13H18N2/c1-2-4-11(5-3-1)8-15-9-12-6-7-14-13(12)10-15/h1-5,12-14H,6-10H2/t12-,13-/m0/s1. The van der Waals surface area contributed by atoms with Crippen molar-refractivity contribution in [3.05, 3.63) is 35.9 Å². The fourth-order valence-corrected chi connectivity index (χ4v) is 2.91. The Hall–Kier alpha value is -0.860. The first-order valence-corrected chi connectivity index (χ1v) is 5.91. The maximum absolute atomic E-state index is 3.59. The van der Waals surface area contributed by atoms with E-state index < -0.39 is 0 Å². The van der Waals surface area contributed by atoms with Gasteiger partial charge in [0.05, 0.1) is 0 Å². The molecule has 1 aromatic carbocycles. The predicted molar refractivity (Wildman–Crippen MR) is 61.6 cm³/mol. The van der Waals surface area contributed by atoms with Crippen molar-refractivity contribution in [3.8, 4) is 0 Å². The van der Waals surface area contributed by atoms with E-state index in [1.54, 1.807) is 0 Å². The van der Waals surface area contributed by atoms with Crippen LogP contribution in [0, 0.1) is 5.92 Å². The Morgan fingerprint density at radius 1 is 1.20 bits per heavy atom. The Morgan fingerprint density at radius 3 is 2.87 bits per heavy atom. The Balaban J connectivity index is 1.62. The van der Waals surface area contributed by atoms with Crippen molar-refractivity contribution < 1.29 is 0 Å². The van der Waals surface area contributed by atoms with Gasteiger partial charge in [0.15, 0.2) is 0 Å². The van der Waals surface area contributed by atoms with Crippen LogP contribution in [-0.4, -0.2) is 30.6 Å². The highest BCUT2D eigenvalue weighted by Crippen LogP contribution is 2.25. The van der Waals surface area contributed by atoms with Gasteiger partial charge in [0.25, 0.3) is 0 Å². The maximum Gasteiger partial charge on any atom is 0.0236 e. The highest BCUT2D eigenvalue weighted by atomic mass is 15.2. The van der Waals surface area contributed by atoms with Gasteiger partial charge in [0, 0.05) is 25.7 Å². The second kappa shape index (κ2) is 3.95. The van der Waals surface area contributed by atoms with Gasteiger partial charge in [-0.1, -0.05) is 30.3 Å². The Labute approximate surface area is 91.3 Å². The fraction of sp³-hybridized carbons (Fsp3) is 0.538. The van der Waals surface area contributed by atoms with E-state index in [4.69, 9.17) is 0 Å². The number of rotatable bonds is 2. The van der Waals surface area contributed by atoms with Gasteiger partial charge in [0.1, 0.15) is 0 Å². The lowest BCUT2D eigenvalue weighted by molar-refractivity contribution is 0.307. The molecule has 3 rings (SSSR count). The first kappa shape index (κ1) is 9.37. The van der Waals surface area contributed by atoms with Crippen molar-refractivity contribution in [2.75, 3.05) is 19.6 Å². The van der Waals surface area contributed by atoms with E-state index in [1.165, 1.54) is 31.6 Å². The zero-order valence-electron chi connectivity index (χ0n) is 9.02. The van der Waals surface area contributed by atoms with Crippen molar-refractivity contribution in [2.24, 2.45) is 5.92 Å². The van der Waals surface area contributed by atoms with E-state index in [2.05, 4.69) is 40.5 Å². The molecule has 0 aliphatic carbocycles. The lowest BCUT2D eigenvalue weighted by atomic mass is 10.1. The lowest BCUT2D eigenvalue weighted by Gasteiger charge is -2.16. The van der Waals surface area contributed by atoms with E-state index in [9.17, 15) is 0 Å². The molecule has 0 radical (unpaired) electrons. The molecule has 2 fully saturated rings. The molecule has 15 heavy (non-hydrogen) atoms. The van der Waals surface area contributed by atoms with Crippen molar-refractivity contribution in [1.29, 1.82) is 0 Å². The second-order valence-electron chi connectivity index (χ2n) is 4.79. The van der Waals surface area contributed by atoms with Crippen LogP contribution in [0.4, 0.5) is 0 Å². The van der Waals surface area contributed by atoms with Crippen LogP contribution in [0.25, 0.3) is 0 Å². The zero-order valence-corrected chi connectivity index (χ0v) is 9.02. The molecule has 1 aromatic rings. The third-order valence-electron chi connectivity index (χ3n) is 3.69. The van der Waals surface area contributed by atoms with Crippen LogP contribution in [0.3, 0.4) is 0 Å². The van der Waals surface area contributed by atoms with Gasteiger partial charge < -0.3 is 5.32 Å². The molecule has 1 N–H and O–H groups in total. The van der Waals surface area contributed by atoms with Gasteiger partial charge in [-0.25, -0.2) is 0 Å². The monoisotopic (exact) mass is 202 g/mol. The molecular weight excluding hydrogens is 184 g/mol. The lowest BCUT2D eigenvalue weighted by Crippen LogP contribution is -2.29. The zero-order chi connectivity index (χ0) is 10.1. The first-order valence-electron chi connectivity index (χ1n) is 5.91. The summed E-state index contributed by atoms with van der Waals surface area (Å²) in [6, 6.07) is 11.6. The molecule has 0 unspecified atom stereocenters. The molecule has 0 bridgehead atoms. The molecule has 2 heteroatoms. The van der Waals surface area contributed by atoms with Gasteiger partial charge in [-0.05, 0) is 24.4 Å². The quantitative estimate of drug-likeness (QED) is 0.781. The van der Waals surface area contributed by atoms with Crippen LogP contribution in [-0.2, 0) is 6.54 Å². The van der Waals surface area contributed by atoms with Gasteiger partial charge in [-0.15, -0.1) is 0 Å². The summed E-state index contributed by atoms with van der Waals surface area (Å²) in [4.78, 5) is 2.58. The van der Waals surface area contributed by atoms with E-state index >= 15 is 0 Å². The van der Waals surface area contributed by atoms with E-state index in [0.717, 1.165) is 18.5 Å². The van der Waals surface area contributed by atoms with Crippen LogP contribution < -0.4 is 5.32 Å². The van der Waals surface area contributed by atoms with Crippen molar-refractivity contribution in [3.63, 3.8) is 0 Å². The highest BCUT2D eigenvalue weighted by Gasteiger charge is 2.35. The minimum atomic E-state index is 0.772. The van der Waals surface area contributed by atoms with Crippen LogP contribution in [0.2, 0.25) is 0 Å². The molecule has 2 nitrogen and oxygen atoms in total. The van der Waals surface area contributed by atoms with Crippen LogP contribution >= 0.6 is 0 Å². The predicted octanol–water partition coefficient (Wildman–Crippen LogP) is 1.48. The normalized spacial score (nSPS) is 30.7. The van der Waals surface area contributed by atoms with Gasteiger partial charge >= 0.3 is 0 Å². The molecule has 0 saturated carbocycles. The summed E-state index contributed by atoms with van der Waals surface area (Å²) in [5.74, 6) is 0.911. The molecule has 0 aromatic heterocycles. The fourth-order valence-electron chi connectivity index (χ4n) is 2.91. The molecule has 2 heterocycles. The molecule has 80 valence electrons. The van der Waals surface area contributed by atoms with Crippen LogP contribution in [0.1, 0.15) is 12.0 Å². The number of hydrogen-bond donors (Lipinski definition) is 1. The number of fused-ring (bicyclic) bond motifs is 1. The topological polar surface area (TPSA) is 15.3 Å². The Kier molecular flexibility index (Phi) is 2.47. The molecular formula is C13H18N2. The molecule has 0 amide bonds. The summed E-state index contributed by atoms with van der Waals surface area (Å²) < 4.78 is 0. The van der Waals surface area contributed by atoms with E-state index in [0.29, 0.717) is 0 Å². The minimum absolute atomic E-state index is 0.772. The number of likely N-dealkylation sites (tertiary alicyclic amines) is 1. The largest absolute Gasteiger partial charge is 0.312 e. The van der Waals surface area contributed by atoms with Crippen LogP contribution in [0.15, 0.2) is 30.3 Å². The number of hydrogen-bond acceptors (Lipinski definition) is 2. The van der Waals surface area contributed by atoms with Crippen molar-refractivity contribution >= 4 is 0 Å². The third kappa shape index (κ3) is 1.92. The molecule has 2 saturated heterocycles. The molecule has 2 aliphatic heterocycles. The molecule has 2 atom stereocenters. The first-order chi connectivity index (χ1) is 7.42. The molecule has 2 aliphatic rings. The SMILES string of the molecule is c1ccc(CN2C[C@@H]3CCN[C@H]3C2)cc1. The minimum Gasteiger partial charge on any atom is -0.312 e. The number of nitrogens with zero attached hydrogens (tertiary/aromatic N) is 1. The molecule has 0 spiro atoms. The summed E-state index contributed by atoms with van der Waals surface area (Å²) in [6.07, 6.45) is 1.37. The smallest absolute Gasteiger partial charge is 0.0236 e. The van der Waals surface area contributed by atoms with Gasteiger partial charge in [0.2, 0.25) is 0 Å². The van der Waals surface area contributed by atoms with E-state index in [1.807, 2.05) is 0 Å². The number of nitrogens with one attached hydrogen (secondary N) is 1. The van der Waals surface area contributed by atoms with Crippen LogP contribution in [0.5, 0.6) is 0 Å². The maximum atomic E-state index is 3.59. The number of benzene rings is 1. The average molecular weight is 202 g/mol. The summed E-state index contributed by atoms with van der Waals surface area (Å²) in [6.45, 7) is 4.87. The summed E-state index contributed by atoms with van der Waals surface area (Å²) in [7, 11) is 0. The van der Waals surface area contributed by atoms with Crippen molar-refractivity contribution in [1.82, 2.24) is 10.2 Å². The summed E-state index contributed by atoms with van der Waals surface area (Å²) in [5.41, 5.74) is 1.44. The van der Waals surface area contributed by atoms with Crippen molar-refractivity contribution in [2.45, 2.75) is 19.0 Å². The Bertz CT molecular complexity index is 311. The van der Waals surface area contributed by atoms with E-state index in [-0.39, 0.29) is 0 Å². The average Bonchev–Trinajstić information content (AvgIpc) is 2.79.